The molecule has 2 saturated carbocycles. The minimum Gasteiger partial charge on any atom is -0.458 e. The van der Waals surface area contributed by atoms with Gasteiger partial charge in [-0.05, 0) is 102 Å². The molecule has 0 radical (unpaired) electrons. The summed E-state index contributed by atoms with van der Waals surface area (Å²) in [6.07, 6.45) is 11.1. The molecule has 1 aromatic heterocycles. The first kappa shape index (κ1) is 62.9. The average Bonchev–Trinajstić information content (AvgIpc) is 4.20. The number of H-pyrrole nitrogens is 1. The van der Waals surface area contributed by atoms with E-state index in [2.05, 4.69) is 126 Å². The summed E-state index contributed by atoms with van der Waals surface area (Å²) in [6.45, 7) is 39.8. The van der Waals surface area contributed by atoms with Crippen LogP contribution in [0, 0.1) is 69.0 Å². The van der Waals surface area contributed by atoms with Crippen LogP contribution in [0.15, 0.2) is 76.9 Å². The Bertz CT molecular complexity index is 2620. The lowest BCUT2D eigenvalue weighted by atomic mass is 9.59. The first-order valence-corrected chi connectivity index (χ1v) is 30.5. The van der Waals surface area contributed by atoms with E-state index in [1.165, 1.54) is 0 Å². The van der Waals surface area contributed by atoms with Gasteiger partial charge in [-0.2, -0.15) is 0 Å². The van der Waals surface area contributed by atoms with Gasteiger partial charge < -0.3 is 25.1 Å². The third-order valence-electron chi connectivity index (χ3n) is 18.0. The van der Waals surface area contributed by atoms with E-state index in [0.717, 1.165) is 56.9 Å². The number of carbonyl (C=O) groups excluding carboxylic acids is 4. The Balaban J connectivity index is 1.66. The zero-order valence-corrected chi connectivity index (χ0v) is 52.0. The zero-order chi connectivity index (χ0) is 58.4. The minimum absolute atomic E-state index is 0.0675. The van der Waals surface area contributed by atoms with E-state index in [9.17, 15) is 9.59 Å². The summed E-state index contributed by atoms with van der Waals surface area (Å²) in [7, 11) is 0. The summed E-state index contributed by atoms with van der Waals surface area (Å²) in [5, 5.41) is 6.46. The van der Waals surface area contributed by atoms with Crippen LogP contribution in [0.4, 0.5) is 5.82 Å². The molecule has 3 aliphatic rings. The molecule has 0 saturated heterocycles. The van der Waals surface area contributed by atoms with Crippen LogP contribution >= 0.6 is 0 Å². The smallest absolute Gasteiger partial charge is 0.342 e. The first-order chi connectivity index (χ1) is 37.0. The number of unbranched alkanes of at least 4 members (excludes halogenated alkanes) is 2. The SMILES string of the molecule is CCCCC(CC)C(=O)NC1=NC(=Cc2[nH]c(NC(=O)C(CC)CCCC)c(C(=O)OC3C(C(C)(C)C)CC(C)CC3C(C)(C)C)c2-c2ccccc2)C(c2ccccc2)=C1C(=O)OC1C(C(C)(C)C)CC(C)CC1C(C)(C)C. The predicted molar refractivity (Wildman–Crippen MR) is 326 cm³/mol. The number of esters is 2. The van der Waals surface area contributed by atoms with E-state index in [4.69, 9.17) is 14.5 Å². The summed E-state index contributed by atoms with van der Waals surface area (Å²) in [6, 6.07) is 19.5. The third-order valence-corrected chi connectivity index (χ3v) is 18.0. The molecule has 10 heteroatoms. The maximum absolute atomic E-state index is 15.8. The topological polar surface area (TPSA) is 139 Å². The van der Waals surface area contributed by atoms with Gasteiger partial charge in [0.15, 0.2) is 0 Å². The normalized spacial score (nSPS) is 24.4. The molecule has 3 aromatic rings. The number of amides is 2. The highest BCUT2D eigenvalue weighted by atomic mass is 16.5. The number of aliphatic imine (C=N–C) groups is 1. The summed E-state index contributed by atoms with van der Waals surface area (Å²) < 4.78 is 14.1. The Labute approximate surface area is 477 Å². The molecule has 2 fully saturated rings. The summed E-state index contributed by atoms with van der Waals surface area (Å²) in [5.41, 5.74) is 3.08. The lowest BCUT2D eigenvalue weighted by molar-refractivity contribution is -0.164. The van der Waals surface area contributed by atoms with E-state index in [1.807, 2.05) is 80.6 Å². The Morgan fingerprint density at radius 1 is 0.595 bits per heavy atom. The number of amidine groups is 1. The van der Waals surface area contributed by atoms with Crippen molar-refractivity contribution in [2.75, 3.05) is 5.32 Å². The molecule has 6 atom stereocenters. The molecular weight excluding hydrogens is 981 g/mol. The van der Waals surface area contributed by atoms with Gasteiger partial charge in [-0.1, -0.05) is 211 Å². The number of anilines is 1. The minimum atomic E-state index is -0.542. The van der Waals surface area contributed by atoms with Gasteiger partial charge in [0.25, 0.3) is 0 Å². The molecule has 0 spiro atoms. The molecule has 0 bridgehead atoms. The van der Waals surface area contributed by atoms with Crippen LogP contribution in [0.1, 0.15) is 223 Å². The Morgan fingerprint density at radius 2 is 1.00 bits per heavy atom. The average molecular weight is 1080 g/mol. The maximum atomic E-state index is 15.8. The van der Waals surface area contributed by atoms with Crippen molar-refractivity contribution in [3.8, 4) is 11.1 Å². The largest absolute Gasteiger partial charge is 0.458 e. The molecule has 6 rings (SSSR count). The molecule has 2 aromatic carbocycles. The number of ether oxygens (including phenoxy) is 2. The molecule has 2 aliphatic carbocycles. The second-order valence-electron chi connectivity index (χ2n) is 28.4. The van der Waals surface area contributed by atoms with Crippen LogP contribution < -0.4 is 10.6 Å². The van der Waals surface area contributed by atoms with Crippen molar-refractivity contribution in [1.29, 1.82) is 0 Å². The van der Waals surface area contributed by atoms with Gasteiger partial charge in [-0.3, -0.25) is 9.59 Å². The van der Waals surface area contributed by atoms with Crippen LogP contribution in [-0.2, 0) is 23.9 Å². The summed E-state index contributed by atoms with van der Waals surface area (Å²) in [5.74, 6) is -0.480. The molecule has 6 unspecified atom stereocenters. The number of nitrogens with zero attached hydrogens (tertiary/aromatic N) is 1. The van der Waals surface area contributed by atoms with E-state index < -0.39 is 24.1 Å². The summed E-state index contributed by atoms with van der Waals surface area (Å²) >= 11 is 0. The lowest BCUT2D eigenvalue weighted by Gasteiger charge is -2.50. The van der Waals surface area contributed by atoms with Gasteiger partial charge in [0.2, 0.25) is 11.8 Å². The fraction of sp³-hybridized carbons (Fsp3) is 0.638. The molecule has 3 N–H and O–H groups in total. The predicted octanol–water partition coefficient (Wildman–Crippen LogP) is 17.3. The molecule has 10 nitrogen and oxygen atoms in total. The maximum Gasteiger partial charge on any atom is 0.342 e. The molecule has 2 heterocycles. The Morgan fingerprint density at radius 3 is 1.41 bits per heavy atom. The van der Waals surface area contributed by atoms with Crippen molar-refractivity contribution < 1.29 is 28.7 Å². The van der Waals surface area contributed by atoms with Crippen LogP contribution in [0.3, 0.4) is 0 Å². The Kier molecular flexibility index (Phi) is 20.8. The number of nitrogens with one attached hydrogen (secondary N) is 3. The fourth-order valence-corrected chi connectivity index (χ4v) is 13.2. The number of rotatable bonds is 18. The third kappa shape index (κ3) is 15.2. The first-order valence-electron chi connectivity index (χ1n) is 30.5. The van der Waals surface area contributed by atoms with Gasteiger partial charge in [-0.25, -0.2) is 14.6 Å². The number of hydrogen-bond acceptors (Lipinski definition) is 7. The number of allylic oxidation sites excluding steroid dienone is 1. The molecule has 1 aliphatic heterocycles. The molecular formula is C69H102N4O6. The number of carbonyl (C=O) groups is 4. The standard InChI is InChI=1S/C69H102N4O6/c1-19-23-31-44(21-3)62(74)72-60-56(64(76)78-58-48(66(7,8)9)37-42(5)38-49(58)67(10,11)12)54(46-33-27-25-28-34-46)52(70-60)41-53-55(47-35-29-26-30-36-47)57(61(71-53)73-63(75)45(22-4)32-24-20-2)65(77)79-59-50(68(13,14)15)39-43(6)40-51(59)69(16,17)18/h25-30,33-36,41-45,48-51,58-59,70H,19-24,31-32,37-40H2,1-18H3,(H,72,74)(H,71,73,75). The van der Waals surface area contributed by atoms with E-state index in [-0.39, 0.29) is 91.8 Å². The van der Waals surface area contributed by atoms with Crippen molar-refractivity contribution in [3.63, 3.8) is 0 Å². The van der Waals surface area contributed by atoms with Crippen molar-refractivity contribution in [2.24, 2.45) is 74.0 Å². The second kappa shape index (κ2) is 26.1. The van der Waals surface area contributed by atoms with Crippen molar-refractivity contribution >= 4 is 47.1 Å². The van der Waals surface area contributed by atoms with Crippen LogP contribution in [0.2, 0.25) is 0 Å². The van der Waals surface area contributed by atoms with Crippen LogP contribution in [0.25, 0.3) is 22.8 Å². The van der Waals surface area contributed by atoms with E-state index >= 15 is 9.59 Å². The number of aromatic nitrogens is 1. The van der Waals surface area contributed by atoms with E-state index in [1.54, 1.807) is 0 Å². The van der Waals surface area contributed by atoms with Crippen molar-refractivity contribution in [2.45, 2.75) is 214 Å². The van der Waals surface area contributed by atoms with Gasteiger partial charge in [0.05, 0.1) is 11.4 Å². The highest BCUT2D eigenvalue weighted by molar-refractivity contribution is 6.31. The molecule has 434 valence electrons. The van der Waals surface area contributed by atoms with Crippen LogP contribution in [0.5, 0.6) is 0 Å². The van der Waals surface area contributed by atoms with Gasteiger partial charge in [0.1, 0.15) is 35.0 Å². The summed E-state index contributed by atoms with van der Waals surface area (Å²) in [4.78, 5) is 69.7. The number of benzene rings is 2. The van der Waals surface area contributed by atoms with E-state index in [0.29, 0.717) is 65.6 Å². The quantitative estimate of drug-likeness (QED) is 0.108. The van der Waals surface area contributed by atoms with Crippen molar-refractivity contribution in [1.82, 2.24) is 10.3 Å². The van der Waals surface area contributed by atoms with Gasteiger partial charge in [0, 0.05) is 46.6 Å². The number of aromatic amines is 1. The molecule has 79 heavy (non-hydrogen) atoms. The molecule has 2 amide bonds. The van der Waals surface area contributed by atoms with Gasteiger partial charge in [-0.15, -0.1) is 0 Å². The highest BCUT2D eigenvalue weighted by Crippen LogP contribution is 2.52. The van der Waals surface area contributed by atoms with Crippen LogP contribution in [-0.4, -0.2) is 46.8 Å². The monoisotopic (exact) mass is 1080 g/mol. The zero-order valence-electron chi connectivity index (χ0n) is 52.0. The second-order valence-corrected chi connectivity index (χ2v) is 28.4. The van der Waals surface area contributed by atoms with Gasteiger partial charge >= 0.3 is 11.9 Å². The lowest BCUT2D eigenvalue weighted by Crippen LogP contribution is -2.50. The Hall–Kier alpha value is -5.25. The number of hydrogen-bond donors (Lipinski definition) is 3. The van der Waals surface area contributed by atoms with Crippen molar-refractivity contribution in [3.05, 3.63) is 88.8 Å². The fourth-order valence-electron chi connectivity index (χ4n) is 13.2. The highest BCUT2D eigenvalue weighted by Gasteiger charge is 2.51.